The zero-order chi connectivity index (χ0) is 19.1. The minimum Gasteiger partial charge on any atom is -0.343 e. The fourth-order valence-electron chi connectivity index (χ4n) is 3.66. The van der Waals surface area contributed by atoms with Crippen molar-refractivity contribution >= 4 is 16.8 Å². The van der Waals surface area contributed by atoms with Crippen molar-refractivity contribution in [1.82, 2.24) is 15.3 Å². The Hall–Kier alpha value is -2.75. The van der Waals surface area contributed by atoms with E-state index in [9.17, 15) is 4.79 Å². The zero-order valence-corrected chi connectivity index (χ0v) is 16.3. The standard InChI is InChI=1S/C23H25N3O/c1-13-8-11-18-19(12-15(3)25-21(18)16(13)4)23(27)26-22(17-9-10-17)20-7-5-6-14(2)24-20/h5-8,11-12,17,22H,9-10H2,1-4H3,(H,26,27)/t22-/m0/s1. The van der Waals surface area contributed by atoms with Gasteiger partial charge in [-0.3, -0.25) is 14.8 Å². The summed E-state index contributed by atoms with van der Waals surface area (Å²) < 4.78 is 0. The number of benzene rings is 1. The number of carbonyl (C=O) groups excluding carboxylic acids is 1. The van der Waals surface area contributed by atoms with Crippen LogP contribution in [0.4, 0.5) is 0 Å². The number of amides is 1. The maximum Gasteiger partial charge on any atom is 0.252 e. The molecule has 0 radical (unpaired) electrons. The molecule has 2 heterocycles. The van der Waals surface area contributed by atoms with Crippen LogP contribution in [0.1, 0.15) is 57.5 Å². The van der Waals surface area contributed by atoms with Crippen LogP contribution in [0.2, 0.25) is 0 Å². The lowest BCUT2D eigenvalue weighted by Crippen LogP contribution is -2.31. The summed E-state index contributed by atoms with van der Waals surface area (Å²) in [6.45, 7) is 8.07. The van der Waals surface area contributed by atoms with Crippen molar-refractivity contribution in [3.8, 4) is 0 Å². The van der Waals surface area contributed by atoms with Crippen molar-refractivity contribution in [3.63, 3.8) is 0 Å². The van der Waals surface area contributed by atoms with Gasteiger partial charge in [-0.25, -0.2) is 0 Å². The van der Waals surface area contributed by atoms with Crippen LogP contribution in [0, 0.1) is 33.6 Å². The molecule has 4 rings (SSSR count). The van der Waals surface area contributed by atoms with Crippen LogP contribution in [-0.4, -0.2) is 15.9 Å². The van der Waals surface area contributed by atoms with Gasteiger partial charge in [0.05, 0.1) is 22.8 Å². The van der Waals surface area contributed by atoms with Crippen LogP contribution in [0.5, 0.6) is 0 Å². The monoisotopic (exact) mass is 359 g/mol. The van der Waals surface area contributed by atoms with E-state index in [0.29, 0.717) is 11.5 Å². The molecule has 0 aliphatic heterocycles. The van der Waals surface area contributed by atoms with Crippen LogP contribution in [0.25, 0.3) is 10.9 Å². The Balaban J connectivity index is 1.73. The predicted molar refractivity (Wildman–Crippen MR) is 108 cm³/mol. The molecular formula is C23H25N3O. The number of nitrogens with one attached hydrogen (secondary N) is 1. The molecule has 3 aromatic rings. The molecule has 0 unspecified atom stereocenters. The maximum atomic E-state index is 13.2. The van der Waals surface area contributed by atoms with Gasteiger partial charge < -0.3 is 5.32 Å². The number of nitrogens with zero attached hydrogens (tertiary/aromatic N) is 2. The summed E-state index contributed by atoms with van der Waals surface area (Å²) in [5.74, 6) is 0.426. The highest BCUT2D eigenvalue weighted by Gasteiger charge is 2.34. The first-order valence-electron chi connectivity index (χ1n) is 9.56. The maximum absolute atomic E-state index is 13.2. The minimum absolute atomic E-state index is 0.0348. The zero-order valence-electron chi connectivity index (χ0n) is 16.3. The molecule has 1 saturated carbocycles. The second-order valence-corrected chi connectivity index (χ2v) is 7.71. The van der Waals surface area contributed by atoms with E-state index in [1.54, 1.807) is 0 Å². The molecule has 1 fully saturated rings. The topological polar surface area (TPSA) is 54.9 Å². The fraction of sp³-hybridized carbons (Fsp3) is 0.348. The van der Waals surface area contributed by atoms with Crippen molar-refractivity contribution in [2.75, 3.05) is 0 Å². The highest BCUT2D eigenvalue weighted by atomic mass is 16.1. The number of hydrogen-bond acceptors (Lipinski definition) is 3. The highest BCUT2D eigenvalue weighted by Crippen LogP contribution is 2.40. The molecule has 4 nitrogen and oxygen atoms in total. The normalized spacial score (nSPS) is 15.0. The van der Waals surface area contributed by atoms with Crippen LogP contribution >= 0.6 is 0 Å². The van der Waals surface area contributed by atoms with Gasteiger partial charge in [0, 0.05) is 16.8 Å². The lowest BCUT2D eigenvalue weighted by atomic mass is 10.00. The molecule has 1 N–H and O–H groups in total. The summed E-state index contributed by atoms with van der Waals surface area (Å²) in [5, 5.41) is 4.17. The van der Waals surface area contributed by atoms with Gasteiger partial charge in [0.15, 0.2) is 0 Å². The van der Waals surface area contributed by atoms with Crippen LogP contribution < -0.4 is 5.32 Å². The van der Waals surface area contributed by atoms with E-state index in [1.165, 1.54) is 5.56 Å². The quantitative estimate of drug-likeness (QED) is 0.732. The summed E-state index contributed by atoms with van der Waals surface area (Å²) in [6.07, 6.45) is 2.27. The number of aryl methyl sites for hydroxylation is 4. The first-order chi connectivity index (χ1) is 12.9. The molecule has 0 saturated heterocycles. The lowest BCUT2D eigenvalue weighted by molar-refractivity contribution is 0.0932. The van der Waals surface area contributed by atoms with E-state index < -0.39 is 0 Å². The fourth-order valence-corrected chi connectivity index (χ4v) is 3.66. The van der Waals surface area contributed by atoms with Crippen LogP contribution in [0.3, 0.4) is 0 Å². The van der Waals surface area contributed by atoms with E-state index >= 15 is 0 Å². The Bertz CT molecular complexity index is 1040. The van der Waals surface area contributed by atoms with Crippen molar-refractivity contribution < 1.29 is 4.79 Å². The predicted octanol–water partition coefficient (Wildman–Crippen LogP) is 4.74. The van der Waals surface area contributed by atoms with Gasteiger partial charge in [-0.2, -0.15) is 0 Å². The van der Waals surface area contributed by atoms with E-state index in [0.717, 1.165) is 46.4 Å². The largest absolute Gasteiger partial charge is 0.343 e. The van der Waals surface area contributed by atoms with E-state index in [4.69, 9.17) is 0 Å². The summed E-state index contributed by atoms with van der Waals surface area (Å²) >= 11 is 0. The van der Waals surface area contributed by atoms with Gasteiger partial charge in [0.1, 0.15) is 0 Å². The van der Waals surface area contributed by atoms with Crippen molar-refractivity contribution in [2.24, 2.45) is 5.92 Å². The Morgan fingerprint density at radius 1 is 1.04 bits per heavy atom. The van der Waals surface area contributed by atoms with Gasteiger partial charge in [-0.15, -0.1) is 0 Å². The Morgan fingerprint density at radius 3 is 2.52 bits per heavy atom. The molecule has 1 aliphatic carbocycles. The molecule has 1 atom stereocenters. The highest BCUT2D eigenvalue weighted by molar-refractivity contribution is 6.07. The van der Waals surface area contributed by atoms with Crippen molar-refractivity contribution in [3.05, 3.63) is 70.2 Å². The van der Waals surface area contributed by atoms with Crippen molar-refractivity contribution in [2.45, 2.75) is 46.6 Å². The Labute approximate surface area is 160 Å². The average molecular weight is 359 g/mol. The molecule has 0 spiro atoms. The number of rotatable bonds is 4. The van der Waals surface area contributed by atoms with E-state index in [-0.39, 0.29) is 11.9 Å². The summed E-state index contributed by atoms with van der Waals surface area (Å²) in [5.41, 5.74) is 6.71. The number of fused-ring (bicyclic) bond motifs is 1. The summed E-state index contributed by atoms with van der Waals surface area (Å²) in [6, 6.07) is 11.9. The van der Waals surface area contributed by atoms with Gasteiger partial charge in [-0.05, 0) is 75.8 Å². The molecule has 1 amide bonds. The number of hydrogen-bond donors (Lipinski definition) is 1. The Morgan fingerprint density at radius 2 is 1.81 bits per heavy atom. The van der Waals surface area contributed by atoms with Gasteiger partial charge in [-0.1, -0.05) is 18.2 Å². The average Bonchev–Trinajstić information content (AvgIpc) is 3.47. The molecular weight excluding hydrogens is 334 g/mol. The number of aromatic nitrogens is 2. The number of carbonyl (C=O) groups is 1. The molecule has 138 valence electrons. The SMILES string of the molecule is Cc1cccc([C@@H](NC(=O)c2cc(C)nc3c(C)c(C)ccc23)C2CC2)n1. The first kappa shape index (κ1) is 17.7. The summed E-state index contributed by atoms with van der Waals surface area (Å²) in [4.78, 5) is 22.6. The van der Waals surface area contributed by atoms with Crippen LogP contribution in [-0.2, 0) is 0 Å². The van der Waals surface area contributed by atoms with Crippen molar-refractivity contribution in [1.29, 1.82) is 0 Å². The third-order valence-electron chi connectivity index (χ3n) is 5.49. The van der Waals surface area contributed by atoms with E-state index in [2.05, 4.69) is 35.2 Å². The first-order valence-corrected chi connectivity index (χ1v) is 9.56. The van der Waals surface area contributed by atoms with Gasteiger partial charge >= 0.3 is 0 Å². The Kier molecular flexibility index (Phi) is 4.42. The molecule has 27 heavy (non-hydrogen) atoms. The molecule has 1 aromatic carbocycles. The molecule has 0 bridgehead atoms. The third kappa shape index (κ3) is 3.44. The third-order valence-corrected chi connectivity index (χ3v) is 5.49. The van der Waals surface area contributed by atoms with Crippen LogP contribution in [0.15, 0.2) is 36.4 Å². The lowest BCUT2D eigenvalue weighted by Gasteiger charge is -2.19. The van der Waals surface area contributed by atoms with E-state index in [1.807, 2.05) is 44.2 Å². The minimum atomic E-state index is -0.0473. The van der Waals surface area contributed by atoms with Gasteiger partial charge in [0.25, 0.3) is 5.91 Å². The van der Waals surface area contributed by atoms with Gasteiger partial charge in [0.2, 0.25) is 0 Å². The number of pyridine rings is 2. The smallest absolute Gasteiger partial charge is 0.252 e. The molecule has 4 heteroatoms. The second-order valence-electron chi connectivity index (χ2n) is 7.71. The molecule has 2 aromatic heterocycles. The summed E-state index contributed by atoms with van der Waals surface area (Å²) in [7, 11) is 0. The molecule has 1 aliphatic rings. The second kappa shape index (κ2) is 6.76.